The Morgan fingerprint density at radius 1 is 0.790 bits per heavy atom. The van der Waals surface area contributed by atoms with E-state index >= 15 is 0 Å². The van der Waals surface area contributed by atoms with Crippen molar-refractivity contribution in [3.8, 4) is 40.6 Å². The zero-order valence-electron chi connectivity index (χ0n) is 32.2. The third-order valence-corrected chi connectivity index (χ3v) is 9.64. The first kappa shape index (κ1) is 43.4. The summed E-state index contributed by atoms with van der Waals surface area (Å²) in [6.07, 6.45) is -2.89. The molecule has 2 aromatic carbocycles. The number of aliphatic carboxylic acids is 1. The number of aromatic nitrogens is 6. The summed E-state index contributed by atoms with van der Waals surface area (Å²) in [6.45, 7) is 1.15. The maximum Gasteiger partial charge on any atom is 0.435 e. The molecule has 322 valence electrons. The molecule has 62 heavy (non-hydrogen) atoms. The minimum atomic E-state index is -4.72. The lowest BCUT2D eigenvalue weighted by molar-refractivity contribution is -0.385. The second kappa shape index (κ2) is 18.4. The number of alkyl halides is 3. The average Bonchev–Trinajstić information content (AvgIpc) is 3.64. The van der Waals surface area contributed by atoms with Gasteiger partial charge in [-0.3, -0.25) is 25.0 Å². The number of anilines is 2. The minimum absolute atomic E-state index is 0.101. The molecule has 5 heterocycles. The number of amides is 1. The Morgan fingerprint density at radius 3 is 1.74 bits per heavy atom. The predicted octanol–water partition coefficient (Wildman–Crippen LogP) is 5.75. The van der Waals surface area contributed by atoms with Gasteiger partial charge in [0.1, 0.15) is 18.4 Å². The number of nitro groups is 2. The van der Waals surface area contributed by atoms with Crippen molar-refractivity contribution in [1.29, 1.82) is 5.26 Å². The number of benzene rings is 2. The molecule has 5 aromatic rings. The van der Waals surface area contributed by atoms with Crippen LogP contribution in [0.25, 0.3) is 11.1 Å². The van der Waals surface area contributed by atoms with Gasteiger partial charge in [-0.1, -0.05) is 24.3 Å². The smallest absolute Gasteiger partial charge is 0.435 e. The average molecular weight is 863 g/mol. The summed E-state index contributed by atoms with van der Waals surface area (Å²) in [7, 11) is 1.18. The number of nitriles is 1. The highest BCUT2D eigenvalue weighted by atomic mass is 19.4. The van der Waals surface area contributed by atoms with Crippen molar-refractivity contribution in [2.75, 3.05) is 49.1 Å². The van der Waals surface area contributed by atoms with Crippen LogP contribution in [0.2, 0.25) is 0 Å². The van der Waals surface area contributed by atoms with E-state index in [2.05, 4.69) is 31.1 Å². The van der Waals surface area contributed by atoms with Gasteiger partial charge in [0.05, 0.1) is 27.4 Å². The van der Waals surface area contributed by atoms with Gasteiger partial charge in [0.25, 0.3) is 0 Å². The Hall–Kier alpha value is -8.17. The normalized spacial score (nSPS) is 14.3. The molecule has 25 heteroatoms. The molecule has 0 aliphatic carbocycles. The fraction of sp³-hybridized carbons (Fsp3) is 0.297. The van der Waals surface area contributed by atoms with Gasteiger partial charge in [-0.25, -0.2) is 19.4 Å². The number of aryl methyl sites for hydroxylation is 1. The van der Waals surface area contributed by atoms with E-state index in [1.54, 1.807) is 41.3 Å². The number of ether oxygens (including phenoxy) is 2. The molecule has 0 saturated carbocycles. The molecule has 2 aliphatic heterocycles. The van der Waals surface area contributed by atoms with Gasteiger partial charge in [0, 0.05) is 52.4 Å². The van der Waals surface area contributed by atoms with Crippen LogP contribution in [0.1, 0.15) is 24.1 Å². The molecular formula is C37H33F3N12O10. The summed E-state index contributed by atoms with van der Waals surface area (Å²) in [6, 6.07) is 16.8. The first-order valence-corrected chi connectivity index (χ1v) is 18.3. The van der Waals surface area contributed by atoms with Crippen LogP contribution in [0.15, 0.2) is 67.3 Å². The van der Waals surface area contributed by atoms with Crippen LogP contribution in [-0.4, -0.2) is 106 Å². The third kappa shape index (κ3) is 9.98. The van der Waals surface area contributed by atoms with E-state index < -0.39 is 57.1 Å². The first-order valence-electron chi connectivity index (χ1n) is 18.3. The fourth-order valence-corrected chi connectivity index (χ4v) is 6.43. The highest BCUT2D eigenvalue weighted by Gasteiger charge is 2.37. The molecule has 1 amide bonds. The van der Waals surface area contributed by atoms with Crippen LogP contribution in [0.3, 0.4) is 0 Å². The maximum atomic E-state index is 12.8. The highest BCUT2D eigenvalue weighted by Crippen LogP contribution is 2.39. The number of carbonyl (C=O) groups is 2. The zero-order chi connectivity index (χ0) is 44.7. The van der Waals surface area contributed by atoms with Crippen LogP contribution >= 0.6 is 0 Å². The summed E-state index contributed by atoms with van der Waals surface area (Å²) in [5.41, 5.74) is 0.148. The lowest BCUT2D eigenvalue weighted by atomic mass is 9.97. The van der Waals surface area contributed by atoms with Crippen LogP contribution < -0.4 is 19.3 Å². The van der Waals surface area contributed by atoms with Crippen LogP contribution in [0, 0.1) is 37.5 Å². The summed E-state index contributed by atoms with van der Waals surface area (Å²) in [5, 5.41) is 53.8. The van der Waals surface area contributed by atoms with E-state index in [1.807, 2.05) is 12.1 Å². The molecule has 2 aliphatic rings. The van der Waals surface area contributed by atoms with E-state index in [-0.39, 0.29) is 49.4 Å². The Kier molecular flexibility index (Phi) is 12.9. The van der Waals surface area contributed by atoms with Gasteiger partial charge in [-0.2, -0.15) is 33.5 Å². The Balaban J connectivity index is 0.000000209. The largest absolute Gasteiger partial charge is 0.481 e. The standard InChI is InChI=1S/C23H19N5O5.C14H14F3N7O5/c24-13-15-1-3-16(4-2-15)17-5-7-19(8-6-17)33-22-20(28(31)32)21(25-14-26-22)27-11-9-18(10-12-27)23(29)30;1-21-9(6-8(20-21)14(15,16)17)29-12-10(24(27)28)11(18-7-19-12)22-2-4-23(5-3-22)13(25)26/h1-8,14,18H,9-12H2,(H,29,30);6-7H,2-5H2,1H3,(H,25,26). The molecule has 2 N–H and O–H groups in total. The van der Waals surface area contributed by atoms with Crippen molar-refractivity contribution in [3.63, 3.8) is 0 Å². The quantitative estimate of drug-likeness (QED) is 0.125. The topological polar surface area (TPSA) is 282 Å². The van der Waals surface area contributed by atoms with Crippen molar-refractivity contribution in [2.24, 2.45) is 13.0 Å². The van der Waals surface area contributed by atoms with E-state index in [0.717, 1.165) is 27.0 Å². The second-order valence-electron chi connectivity index (χ2n) is 13.5. The molecule has 0 bridgehead atoms. The summed E-state index contributed by atoms with van der Waals surface area (Å²) in [5.74, 6) is -2.11. The molecule has 7 rings (SSSR count). The van der Waals surface area contributed by atoms with Crippen LogP contribution in [0.4, 0.5) is 41.0 Å². The van der Waals surface area contributed by atoms with Gasteiger partial charge < -0.3 is 34.4 Å². The number of carboxylic acid groups (broad SMARTS) is 2. The van der Waals surface area contributed by atoms with Gasteiger partial charge in [0.15, 0.2) is 5.69 Å². The number of piperazine rings is 1. The third-order valence-electron chi connectivity index (χ3n) is 9.64. The van der Waals surface area contributed by atoms with Crippen molar-refractivity contribution < 1.29 is 52.3 Å². The predicted molar refractivity (Wildman–Crippen MR) is 207 cm³/mol. The minimum Gasteiger partial charge on any atom is -0.481 e. The monoisotopic (exact) mass is 862 g/mol. The van der Waals surface area contributed by atoms with Gasteiger partial charge in [0.2, 0.25) is 17.5 Å². The number of carboxylic acids is 1. The van der Waals surface area contributed by atoms with Crippen molar-refractivity contribution >= 4 is 35.1 Å². The Morgan fingerprint density at radius 2 is 1.29 bits per heavy atom. The number of halogens is 3. The molecule has 0 atom stereocenters. The second-order valence-corrected chi connectivity index (χ2v) is 13.5. The van der Waals surface area contributed by atoms with Gasteiger partial charge in [-0.05, 0) is 48.2 Å². The van der Waals surface area contributed by atoms with Crippen molar-refractivity contribution in [1.82, 2.24) is 34.6 Å². The van der Waals surface area contributed by atoms with Crippen molar-refractivity contribution in [2.45, 2.75) is 19.0 Å². The number of rotatable bonds is 10. The number of hydrogen-bond acceptors (Lipinski definition) is 16. The molecular weight excluding hydrogens is 829 g/mol. The SMILES string of the molecule is Cn1nc(C(F)(F)F)cc1Oc1ncnc(N2CCN(C(=O)O)CC2)c1[N+](=O)[O-].N#Cc1ccc(-c2ccc(Oc3ncnc(N4CCC(C(=O)O)CC4)c3[N+](=O)[O-])cc2)cc1. The maximum absolute atomic E-state index is 12.8. The Labute approximate surface area is 347 Å². The lowest BCUT2D eigenvalue weighted by Crippen LogP contribution is -2.48. The highest BCUT2D eigenvalue weighted by molar-refractivity contribution is 5.71. The van der Waals surface area contributed by atoms with Gasteiger partial charge >= 0.3 is 41.4 Å². The summed E-state index contributed by atoms with van der Waals surface area (Å²) >= 11 is 0. The van der Waals surface area contributed by atoms with E-state index in [0.29, 0.717) is 43.3 Å². The number of nitrogens with zero attached hydrogens (tertiary/aromatic N) is 12. The zero-order valence-corrected chi connectivity index (χ0v) is 32.2. The molecule has 2 saturated heterocycles. The fourth-order valence-electron chi connectivity index (χ4n) is 6.43. The van der Waals surface area contributed by atoms with Crippen LogP contribution in [0.5, 0.6) is 23.4 Å². The molecule has 0 radical (unpaired) electrons. The lowest BCUT2D eigenvalue weighted by Gasteiger charge is -2.33. The first-order chi connectivity index (χ1) is 29.5. The van der Waals surface area contributed by atoms with Gasteiger partial charge in [-0.15, -0.1) is 0 Å². The number of hydrogen-bond donors (Lipinski definition) is 2. The molecule has 3 aromatic heterocycles. The molecule has 22 nitrogen and oxygen atoms in total. The molecule has 2 fully saturated rings. The number of piperidine rings is 1. The van der Waals surface area contributed by atoms with E-state index in [1.165, 1.54) is 18.3 Å². The van der Waals surface area contributed by atoms with E-state index in [4.69, 9.17) is 19.8 Å². The summed E-state index contributed by atoms with van der Waals surface area (Å²) < 4.78 is 50.2. The van der Waals surface area contributed by atoms with Crippen LogP contribution in [-0.2, 0) is 18.0 Å². The summed E-state index contributed by atoms with van der Waals surface area (Å²) in [4.78, 5) is 64.2. The van der Waals surface area contributed by atoms with Crippen molar-refractivity contribution in [3.05, 3.63) is 98.7 Å². The molecule has 0 spiro atoms. The van der Waals surface area contributed by atoms with E-state index in [9.17, 15) is 48.1 Å². The Bertz CT molecular complexity index is 2500. The molecule has 0 unspecified atom stereocenters.